The summed E-state index contributed by atoms with van der Waals surface area (Å²) in [6, 6.07) is 12.1. The predicted molar refractivity (Wildman–Crippen MR) is 87.7 cm³/mol. The quantitative estimate of drug-likeness (QED) is 0.579. The monoisotopic (exact) mass is 304 g/mol. The molecular weight excluding hydrogens is 288 g/mol. The Hall–Kier alpha value is -2.86. The van der Waals surface area contributed by atoms with Crippen LogP contribution in [-0.4, -0.2) is 36.5 Å². The van der Waals surface area contributed by atoms with Crippen molar-refractivity contribution in [1.82, 2.24) is 29.5 Å². The second-order valence-corrected chi connectivity index (χ2v) is 5.55. The van der Waals surface area contributed by atoms with Gasteiger partial charge >= 0.3 is 0 Å². The second kappa shape index (κ2) is 5.73. The van der Waals surface area contributed by atoms with E-state index in [1.807, 2.05) is 36.7 Å². The zero-order valence-electron chi connectivity index (χ0n) is 12.8. The van der Waals surface area contributed by atoms with Gasteiger partial charge in [-0.3, -0.25) is 9.88 Å². The van der Waals surface area contributed by atoms with Crippen LogP contribution in [0.3, 0.4) is 0 Å². The first kappa shape index (κ1) is 13.8. The molecule has 3 heterocycles. The van der Waals surface area contributed by atoms with Crippen molar-refractivity contribution in [3.63, 3.8) is 0 Å². The normalized spacial score (nSPS) is 11.6. The van der Waals surface area contributed by atoms with Crippen molar-refractivity contribution in [2.75, 3.05) is 7.05 Å². The smallest absolute Gasteiger partial charge is 0.252 e. The Morgan fingerprint density at radius 3 is 2.83 bits per heavy atom. The summed E-state index contributed by atoms with van der Waals surface area (Å²) >= 11 is 0. The maximum Gasteiger partial charge on any atom is 0.252 e. The van der Waals surface area contributed by atoms with Gasteiger partial charge in [0.15, 0.2) is 5.82 Å². The van der Waals surface area contributed by atoms with Crippen LogP contribution in [0.4, 0.5) is 0 Å². The van der Waals surface area contributed by atoms with Crippen LogP contribution >= 0.6 is 0 Å². The average molecular weight is 304 g/mol. The zero-order chi connectivity index (χ0) is 15.6. The lowest BCUT2D eigenvalue weighted by molar-refractivity contribution is 0.312. The molecule has 6 heteroatoms. The van der Waals surface area contributed by atoms with E-state index in [-0.39, 0.29) is 0 Å². The van der Waals surface area contributed by atoms with E-state index in [1.165, 1.54) is 10.9 Å². The van der Waals surface area contributed by atoms with Gasteiger partial charge in [0, 0.05) is 30.5 Å². The summed E-state index contributed by atoms with van der Waals surface area (Å²) in [4.78, 5) is 15.2. The van der Waals surface area contributed by atoms with E-state index >= 15 is 0 Å². The first-order valence-electron chi connectivity index (χ1n) is 7.47. The van der Waals surface area contributed by atoms with Crippen molar-refractivity contribution in [2.45, 2.75) is 13.1 Å². The predicted octanol–water partition coefficient (Wildman–Crippen LogP) is 2.30. The lowest BCUT2D eigenvalue weighted by Gasteiger charge is -2.15. The summed E-state index contributed by atoms with van der Waals surface area (Å²) in [6.45, 7) is 1.48. The van der Waals surface area contributed by atoms with Crippen molar-refractivity contribution >= 4 is 16.7 Å². The van der Waals surface area contributed by atoms with E-state index in [9.17, 15) is 0 Å². The number of benzene rings is 1. The van der Waals surface area contributed by atoms with Crippen LogP contribution < -0.4 is 0 Å². The molecule has 6 nitrogen and oxygen atoms in total. The molecule has 0 saturated heterocycles. The molecule has 0 spiro atoms. The van der Waals surface area contributed by atoms with Gasteiger partial charge < -0.3 is 0 Å². The lowest BCUT2D eigenvalue weighted by atomic mass is 10.1. The maximum absolute atomic E-state index is 4.45. The van der Waals surface area contributed by atoms with Gasteiger partial charge in [-0.15, -0.1) is 5.10 Å². The molecular formula is C17H16N6. The van der Waals surface area contributed by atoms with Gasteiger partial charge in [-0.05, 0) is 30.8 Å². The van der Waals surface area contributed by atoms with Gasteiger partial charge in [0.25, 0.3) is 5.78 Å². The summed E-state index contributed by atoms with van der Waals surface area (Å²) in [7, 11) is 2.06. The zero-order valence-corrected chi connectivity index (χ0v) is 12.8. The van der Waals surface area contributed by atoms with E-state index in [2.05, 4.69) is 44.1 Å². The van der Waals surface area contributed by atoms with Gasteiger partial charge in [-0.2, -0.15) is 4.98 Å². The largest absolute Gasteiger partial charge is 0.295 e. The molecule has 0 saturated carbocycles. The summed E-state index contributed by atoms with van der Waals surface area (Å²) < 4.78 is 1.70. The van der Waals surface area contributed by atoms with E-state index in [0.717, 1.165) is 17.9 Å². The number of aromatic nitrogens is 5. The molecule has 0 N–H and O–H groups in total. The molecule has 0 radical (unpaired) electrons. The number of hydrogen-bond acceptors (Lipinski definition) is 5. The molecule has 0 aliphatic rings. The highest BCUT2D eigenvalue weighted by atomic mass is 15.3. The van der Waals surface area contributed by atoms with Crippen molar-refractivity contribution < 1.29 is 0 Å². The Balaban J connectivity index is 1.56. The third-order valence-corrected chi connectivity index (χ3v) is 3.75. The molecule has 0 aliphatic carbocycles. The Morgan fingerprint density at radius 2 is 1.91 bits per heavy atom. The minimum Gasteiger partial charge on any atom is -0.295 e. The van der Waals surface area contributed by atoms with Crippen LogP contribution in [0.25, 0.3) is 16.7 Å². The first-order chi connectivity index (χ1) is 11.3. The van der Waals surface area contributed by atoms with E-state index in [0.29, 0.717) is 12.3 Å². The van der Waals surface area contributed by atoms with Crippen molar-refractivity contribution in [1.29, 1.82) is 0 Å². The second-order valence-electron chi connectivity index (χ2n) is 5.55. The average Bonchev–Trinajstić information content (AvgIpc) is 2.97. The van der Waals surface area contributed by atoms with E-state index in [4.69, 9.17) is 0 Å². The van der Waals surface area contributed by atoms with E-state index < -0.39 is 0 Å². The van der Waals surface area contributed by atoms with Crippen LogP contribution in [0.1, 0.15) is 11.4 Å². The number of nitrogens with zero attached hydrogens (tertiary/aromatic N) is 6. The highest BCUT2D eigenvalue weighted by molar-refractivity contribution is 5.81. The first-order valence-corrected chi connectivity index (χ1v) is 7.47. The summed E-state index contributed by atoms with van der Waals surface area (Å²) in [6.07, 6.45) is 5.40. The Morgan fingerprint density at radius 1 is 1.00 bits per heavy atom. The minimum atomic E-state index is 0.630. The Bertz CT molecular complexity index is 923. The van der Waals surface area contributed by atoms with E-state index in [1.54, 1.807) is 10.7 Å². The SMILES string of the molecule is CN(Cc1nc2ncccn2n1)Cc1cccc2ncccc12. The summed E-state index contributed by atoms with van der Waals surface area (Å²) in [5.41, 5.74) is 2.27. The molecule has 0 fully saturated rings. The molecule has 3 aromatic heterocycles. The topological polar surface area (TPSA) is 59.2 Å². The van der Waals surface area contributed by atoms with Gasteiger partial charge in [0.05, 0.1) is 12.1 Å². The van der Waals surface area contributed by atoms with Gasteiger partial charge in [0.1, 0.15) is 0 Å². The van der Waals surface area contributed by atoms with Crippen LogP contribution in [-0.2, 0) is 13.1 Å². The van der Waals surface area contributed by atoms with Crippen LogP contribution in [0.15, 0.2) is 55.0 Å². The molecule has 1 aromatic carbocycles. The molecule has 0 bridgehead atoms. The third-order valence-electron chi connectivity index (χ3n) is 3.75. The molecule has 0 amide bonds. The van der Waals surface area contributed by atoms with Crippen molar-refractivity contribution in [3.8, 4) is 0 Å². The number of rotatable bonds is 4. The molecule has 4 aromatic rings. The van der Waals surface area contributed by atoms with Crippen LogP contribution in [0, 0.1) is 0 Å². The van der Waals surface area contributed by atoms with Crippen molar-refractivity contribution in [2.24, 2.45) is 0 Å². The van der Waals surface area contributed by atoms with Crippen molar-refractivity contribution in [3.05, 3.63) is 66.4 Å². The molecule has 23 heavy (non-hydrogen) atoms. The number of fused-ring (bicyclic) bond motifs is 2. The van der Waals surface area contributed by atoms with Gasteiger partial charge in [-0.1, -0.05) is 18.2 Å². The maximum atomic E-state index is 4.45. The summed E-state index contributed by atoms with van der Waals surface area (Å²) in [5.74, 6) is 1.40. The highest BCUT2D eigenvalue weighted by Gasteiger charge is 2.09. The molecule has 114 valence electrons. The number of pyridine rings is 1. The molecule has 0 atom stereocenters. The standard InChI is InChI=1S/C17H16N6/c1-22(12-16-20-17-19-9-4-10-23(17)21-16)11-13-5-2-7-15-14(13)6-3-8-18-15/h2-10H,11-12H2,1H3. The molecule has 0 unspecified atom stereocenters. The minimum absolute atomic E-state index is 0.630. The Labute approximate surface area is 133 Å². The van der Waals surface area contributed by atoms with Crippen LogP contribution in [0.5, 0.6) is 0 Å². The highest BCUT2D eigenvalue weighted by Crippen LogP contribution is 2.18. The Kier molecular flexibility index (Phi) is 3.44. The molecule has 0 aliphatic heterocycles. The van der Waals surface area contributed by atoms with Gasteiger partial charge in [-0.25, -0.2) is 9.50 Å². The third kappa shape index (κ3) is 2.76. The number of hydrogen-bond donors (Lipinski definition) is 0. The fourth-order valence-corrected chi connectivity index (χ4v) is 2.74. The van der Waals surface area contributed by atoms with Gasteiger partial charge in [0.2, 0.25) is 0 Å². The van der Waals surface area contributed by atoms with Crippen LogP contribution in [0.2, 0.25) is 0 Å². The molecule has 4 rings (SSSR count). The fourth-order valence-electron chi connectivity index (χ4n) is 2.74. The fraction of sp³-hybridized carbons (Fsp3) is 0.176. The summed E-state index contributed by atoms with van der Waals surface area (Å²) in [5, 5.41) is 5.63. The lowest BCUT2D eigenvalue weighted by Crippen LogP contribution is -2.18.